The molecule has 3 rings (SSSR count). The lowest BCUT2D eigenvalue weighted by molar-refractivity contribution is 0.286. The highest BCUT2D eigenvalue weighted by molar-refractivity contribution is 6.32. The van der Waals surface area contributed by atoms with Gasteiger partial charge in [0.25, 0.3) is 5.56 Å². The van der Waals surface area contributed by atoms with Crippen molar-refractivity contribution in [1.29, 1.82) is 5.26 Å². The van der Waals surface area contributed by atoms with E-state index in [0.717, 1.165) is 18.7 Å². The Labute approximate surface area is 138 Å². The highest BCUT2D eigenvalue weighted by Crippen LogP contribution is 2.23. The molecule has 3 heterocycles. The average Bonchev–Trinajstić information content (AvgIpc) is 2.59. The van der Waals surface area contributed by atoms with Crippen molar-refractivity contribution in [2.45, 2.75) is 0 Å². The Morgan fingerprint density at radius 1 is 1.26 bits per heavy atom. The maximum Gasteiger partial charge on any atom is 0.272 e. The van der Waals surface area contributed by atoms with Gasteiger partial charge < -0.3 is 9.88 Å². The number of hydrogen-bond donors (Lipinski definition) is 1. The standard InChI is InChI=1S/C15H15ClN6O/c16-12-14(22-9-7-21(6-3-17)8-10-22)19-13(20-15(12)23)11-1-4-18-5-2-11/h1-2,4-5H,6-10H2,(H,19,20,23). The molecule has 0 radical (unpaired) electrons. The van der Waals surface area contributed by atoms with Gasteiger partial charge in [-0.1, -0.05) is 11.6 Å². The van der Waals surface area contributed by atoms with Crippen LogP contribution in [0.25, 0.3) is 11.4 Å². The van der Waals surface area contributed by atoms with E-state index >= 15 is 0 Å². The minimum Gasteiger partial charge on any atom is -0.353 e. The molecule has 7 nitrogen and oxygen atoms in total. The fourth-order valence-corrected chi connectivity index (χ4v) is 2.73. The summed E-state index contributed by atoms with van der Waals surface area (Å²) in [7, 11) is 0. The van der Waals surface area contributed by atoms with E-state index in [2.05, 4.69) is 25.9 Å². The number of nitrogens with zero attached hydrogens (tertiary/aromatic N) is 5. The van der Waals surface area contributed by atoms with Gasteiger partial charge in [-0.3, -0.25) is 14.7 Å². The Morgan fingerprint density at radius 3 is 2.61 bits per heavy atom. The van der Waals surface area contributed by atoms with Crippen LogP contribution in [0.4, 0.5) is 5.82 Å². The number of aromatic nitrogens is 3. The number of piperazine rings is 1. The quantitative estimate of drug-likeness (QED) is 0.849. The fraction of sp³-hybridized carbons (Fsp3) is 0.333. The van der Waals surface area contributed by atoms with E-state index in [9.17, 15) is 4.79 Å². The summed E-state index contributed by atoms with van der Waals surface area (Å²) >= 11 is 6.16. The highest BCUT2D eigenvalue weighted by atomic mass is 35.5. The van der Waals surface area contributed by atoms with Crippen molar-refractivity contribution in [3.05, 3.63) is 39.9 Å². The summed E-state index contributed by atoms with van der Waals surface area (Å²) in [6.07, 6.45) is 3.29. The van der Waals surface area contributed by atoms with Crippen molar-refractivity contribution >= 4 is 17.4 Å². The monoisotopic (exact) mass is 330 g/mol. The van der Waals surface area contributed by atoms with Crippen molar-refractivity contribution < 1.29 is 0 Å². The van der Waals surface area contributed by atoms with Gasteiger partial charge in [0.05, 0.1) is 12.6 Å². The third-order valence-electron chi connectivity index (χ3n) is 3.77. The molecule has 0 atom stereocenters. The van der Waals surface area contributed by atoms with E-state index in [0.29, 0.717) is 31.3 Å². The summed E-state index contributed by atoms with van der Waals surface area (Å²) in [5, 5.41) is 8.85. The second-order valence-corrected chi connectivity index (χ2v) is 5.59. The van der Waals surface area contributed by atoms with E-state index in [-0.39, 0.29) is 10.6 Å². The van der Waals surface area contributed by atoms with Gasteiger partial charge in [0.15, 0.2) is 5.82 Å². The first kappa shape index (κ1) is 15.5. The molecule has 1 saturated heterocycles. The van der Waals surface area contributed by atoms with Crippen LogP contribution in [0.2, 0.25) is 5.02 Å². The molecule has 2 aromatic heterocycles. The van der Waals surface area contributed by atoms with Crippen LogP contribution in [-0.2, 0) is 0 Å². The molecule has 0 saturated carbocycles. The minimum absolute atomic E-state index is 0.0940. The zero-order chi connectivity index (χ0) is 16.2. The molecule has 0 unspecified atom stereocenters. The number of rotatable bonds is 3. The fourth-order valence-electron chi connectivity index (χ4n) is 2.52. The van der Waals surface area contributed by atoms with E-state index < -0.39 is 0 Å². The second kappa shape index (κ2) is 6.77. The molecule has 0 amide bonds. The van der Waals surface area contributed by atoms with Crippen LogP contribution in [0.5, 0.6) is 0 Å². The third kappa shape index (κ3) is 3.33. The molecule has 0 aliphatic carbocycles. The number of nitriles is 1. The first-order chi connectivity index (χ1) is 11.2. The van der Waals surface area contributed by atoms with E-state index in [4.69, 9.17) is 16.9 Å². The minimum atomic E-state index is -0.358. The van der Waals surface area contributed by atoms with Gasteiger partial charge >= 0.3 is 0 Å². The summed E-state index contributed by atoms with van der Waals surface area (Å²) in [6, 6.07) is 5.71. The molecule has 118 valence electrons. The van der Waals surface area contributed by atoms with Crippen LogP contribution in [0.1, 0.15) is 0 Å². The van der Waals surface area contributed by atoms with E-state index in [1.54, 1.807) is 24.5 Å². The number of aromatic amines is 1. The molecule has 1 aliphatic heterocycles. The molecule has 1 aliphatic rings. The van der Waals surface area contributed by atoms with Gasteiger partial charge in [-0.2, -0.15) is 5.26 Å². The maximum atomic E-state index is 12.1. The number of pyridine rings is 1. The lowest BCUT2D eigenvalue weighted by Gasteiger charge is -2.34. The molecule has 23 heavy (non-hydrogen) atoms. The second-order valence-electron chi connectivity index (χ2n) is 5.21. The van der Waals surface area contributed by atoms with Crippen LogP contribution in [0, 0.1) is 11.3 Å². The van der Waals surface area contributed by atoms with Crippen molar-refractivity contribution in [1.82, 2.24) is 19.9 Å². The molecule has 1 fully saturated rings. The molecule has 1 N–H and O–H groups in total. The summed E-state index contributed by atoms with van der Waals surface area (Å²) in [6.45, 7) is 3.24. The van der Waals surface area contributed by atoms with Gasteiger partial charge in [-0.05, 0) is 12.1 Å². The summed E-state index contributed by atoms with van der Waals surface area (Å²) in [5.41, 5.74) is 0.418. The molecule has 8 heteroatoms. The number of halogens is 1. The molecule has 0 bridgehead atoms. The number of H-pyrrole nitrogens is 1. The van der Waals surface area contributed by atoms with Gasteiger partial charge in [-0.25, -0.2) is 4.98 Å². The predicted octanol–water partition coefficient (Wildman–Crippen LogP) is 1.13. The molecular formula is C15H15ClN6O. The van der Waals surface area contributed by atoms with Crippen LogP contribution >= 0.6 is 11.6 Å². The molecular weight excluding hydrogens is 316 g/mol. The van der Waals surface area contributed by atoms with Gasteiger partial charge in [-0.15, -0.1) is 0 Å². The number of hydrogen-bond acceptors (Lipinski definition) is 6. The number of anilines is 1. The van der Waals surface area contributed by atoms with Gasteiger partial charge in [0.1, 0.15) is 10.8 Å². The lowest BCUT2D eigenvalue weighted by atomic mass is 10.2. The van der Waals surface area contributed by atoms with E-state index in [1.807, 2.05) is 4.90 Å². The van der Waals surface area contributed by atoms with Crippen LogP contribution < -0.4 is 10.5 Å². The van der Waals surface area contributed by atoms with Crippen LogP contribution in [0.3, 0.4) is 0 Å². The zero-order valence-electron chi connectivity index (χ0n) is 12.4. The number of nitrogens with one attached hydrogen (secondary N) is 1. The maximum absolute atomic E-state index is 12.1. The first-order valence-electron chi connectivity index (χ1n) is 7.23. The summed E-state index contributed by atoms with van der Waals surface area (Å²) < 4.78 is 0. The zero-order valence-corrected chi connectivity index (χ0v) is 13.1. The normalized spacial score (nSPS) is 15.4. The Morgan fingerprint density at radius 2 is 1.96 bits per heavy atom. The smallest absolute Gasteiger partial charge is 0.272 e. The largest absolute Gasteiger partial charge is 0.353 e. The van der Waals surface area contributed by atoms with Gasteiger partial charge in [0.2, 0.25) is 0 Å². The van der Waals surface area contributed by atoms with Crippen LogP contribution in [-0.4, -0.2) is 52.6 Å². The third-order valence-corrected chi connectivity index (χ3v) is 4.11. The Balaban J connectivity index is 1.90. The average molecular weight is 331 g/mol. The summed E-state index contributed by atoms with van der Waals surface area (Å²) in [4.78, 5) is 27.3. The molecule has 0 spiro atoms. The lowest BCUT2D eigenvalue weighted by Crippen LogP contribution is -2.47. The SMILES string of the molecule is N#CCN1CCN(c2nc(-c3ccncc3)[nH]c(=O)c2Cl)CC1. The van der Waals surface area contributed by atoms with Gasteiger partial charge in [0, 0.05) is 44.1 Å². The van der Waals surface area contributed by atoms with Crippen molar-refractivity contribution in [2.24, 2.45) is 0 Å². The highest BCUT2D eigenvalue weighted by Gasteiger charge is 2.22. The Bertz CT molecular complexity index is 777. The van der Waals surface area contributed by atoms with E-state index in [1.165, 1.54) is 0 Å². The van der Waals surface area contributed by atoms with Crippen molar-refractivity contribution in [3.63, 3.8) is 0 Å². The van der Waals surface area contributed by atoms with Crippen molar-refractivity contribution in [2.75, 3.05) is 37.6 Å². The predicted molar refractivity (Wildman–Crippen MR) is 87.4 cm³/mol. The Hall–Kier alpha value is -2.43. The Kier molecular flexibility index (Phi) is 4.55. The summed E-state index contributed by atoms with van der Waals surface area (Å²) in [5.74, 6) is 0.954. The van der Waals surface area contributed by atoms with Crippen molar-refractivity contribution in [3.8, 4) is 17.5 Å². The van der Waals surface area contributed by atoms with Crippen LogP contribution in [0.15, 0.2) is 29.3 Å². The first-order valence-corrected chi connectivity index (χ1v) is 7.61. The molecule has 2 aromatic rings. The molecule has 0 aromatic carbocycles. The topological polar surface area (TPSA) is 88.9 Å².